The quantitative estimate of drug-likeness (QED) is 0.744. The summed E-state index contributed by atoms with van der Waals surface area (Å²) in [6.45, 7) is 1.10. The van der Waals surface area contributed by atoms with E-state index in [2.05, 4.69) is 0 Å². The van der Waals surface area contributed by atoms with Crippen LogP contribution in [0.3, 0.4) is 0 Å². The van der Waals surface area contributed by atoms with Crippen LogP contribution in [0, 0.1) is 5.92 Å². The van der Waals surface area contributed by atoms with E-state index >= 15 is 0 Å². The molecule has 0 spiro atoms. The summed E-state index contributed by atoms with van der Waals surface area (Å²) in [5.74, 6) is 1.20. The molecule has 0 bridgehead atoms. The molecule has 4 N–H and O–H groups in total. The second kappa shape index (κ2) is 7.62. The maximum absolute atomic E-state index is 9.93. The van der Waals surface area contributed by atoms with Gasteiger partial charge in [0.25, 0.3) is 0 Å². The first-order valence-corrected chi connectivity index (χ1v) is 7.48. The van der Waals surface area contributed by atoms with Gasteiger partial charge in [-0.15, -0.1) is 0 Å². The van der Waals surface area contributed by atoms with Crippen LogP contribution in [0.2, 0.25) is 0 Å². The molecule has 0 radical (unpaired) electrons. The average Bonchev–Trinajstić information content (AvgIpc) is 2.46. The third-order valence-electron chi connectivity index (χ3n) is 3.92. The van der Waals surface area contributed by atoms with Crippen molar-refractivity contribution in [3.05, 3.63) is 29.8 Å². The molecule has 112 valence electrons. The Bertz CT molecular complexity index is 410. The number of benzene rings is 1. The SMILES string of the molecule is NCC[C@@H](O)c1cccc(OC[C@H]2CCC[C@H](O)C2)c1. The Balaban J connectivity index is 1.87. The normalized spacial score (nSPS) is 24.4. The topological polar surface area (TPSA) is 75.7 Å². The van der Waals surface area contributed by atoms with Gasteiger partial charge in [-0.3, -0.25) is 0 Å². The molecular formula is C16H25NO3. The molecule has 1 saturated carbocycles. The summed E-state index contributed by atoms with van der Waals surface area (Å²) in [4.78, 5) is 0. The fourth-order valence-corrected chi connectivity index (χ4v) is 2.76. The molecule has 4 heteroatoms. The molecule has 20 heavy (non-hydrogen) atoms. The van der Waals surface area contributed by atoms with E-state index < -0.39 is 6.10 Å². The zero-order chi connectivity index (χ0) is 14.4. The van der Waals surface area contributed by atoms with E-state index in [0.717, 1.165) is 37.0 Å². The van der Waals surface area contributed by atoms with Crippen molar-refractivity contribution < 1.29 is 14.9 Å². The number of nitrogens with two attached hydrogens (primary N) is 1. The summed E-state index contributed by atoms with van der Waals surface area (Å²) in [6.07, 6.45) is 3.79. The number of hydrogen-bond acceptors (Lipinski definition) is 4. The van der Waals surface area contributed by atoms with Crippen molar-refractivity contribution in [1.82, 2.24) is 0 Å². The molecule has 0 saturated heterocycles. The minimum atomic E-state index is -0.528. The molecule has 0 aromatic heterocycles. The molecule has 1 aliphatic rings. The summed E-state index contributed by atoms with van der Waals surface area (Å²) in [5.41, 5.74) is 6.30. The highest BCUT2D eigenvalue weighted by atomic mass is 16.5. The molecule has 4 nitrogen and oxygen atoms in total. The maximum atomic E-state index is 9.93. The van der Waals surface area contributed by atoms with Gasteiger partial charge in [0.15, 0.2) is 0 Å². The van der Waals surface area contributed by atoms with Crippen molar-refractivity contribution in [2.24, 2.45) is 11.7 Å². The van der Waals surface area contributed by atoms with Gasteiger partial charge in [-0.2, -0.15) is 0 Å². The minimum absolute atomic E-state index is 0.171. The van der Waals surface area contributed by atoms with Crippen LogP contribution in [0.4, 0.5) is 0 Å². The highest BCUT2D eigenvalue weighted by molar-refractivity contribution is 5.29. The lowest BCUT2D eigenvalue weighted by atomic mass is 9.88. The number of ether oxygens (including phenoxy) is 1. The van der Waals surface area contributed by atoms with E-state index in [9.17, 15) is 10.2 Å². The number of rotatable bonds is 6. The van der Waals surface area contributed by atoms with Gasteiger partial charge in [0.1, 0.15) is 5.75 Å². The molecule has 0 aliphatic heterocycles. The molecule has 0 amide bonds. The third kappa shape index (κ3) is 4.47. The summed E-state index contributed by atoms with van der Waals surface area (Å²) in [6, 6.07) is 7.55. The average molecular weight is 279 g/mol. The second-order valence-electron chi connectivity index (χ2n) is 5.66. The van der Waals surface area contributed by atoms with Crippen LogP contribution in [0.15, 0.2) is 24.3 Å². The number of aliphatic hydroxyl groups excluding tert-OH is 2. The molecule has 1 aromatic carbocycles. The number of aliphatic hydroxyl groups is 2. The van der Waals surface area contributed by atoms with Crippen molar-refractivity contribution in [3.63, 3.8) is 0 Å². The van der Waals surface area contributed by atoms with Gasteiger partial charge >= 0.3 is 0 Å². The molecule has 3 atom stereocenters. The van der Waals surface area contributed by atoms with E-state index in [1.807, 2.05) is 24.3 Å². The summed E-state index contributed by atoms with van der Waals surface area (Å²) in [5, 5.41) is 19.6. The standard InChI is InChI=1S/C16H25NO3/c17-8-7-16(19)13-4-2-6-15(10-13)20-11-12-3-1-5-14(18)9-12/h2,4,6,10,12,14,16,18-19H,1,3,5,7-9,11,17H2/t12-,14-,16+/m0/s1. The molecule has 1 aromatic rings. The Hall–Kier alpha value is -1.10. The lowest BCUT2D eigenvalue weighted by Crippen LogP contribution is -2.24. The van der Waals surface area contributed by atoms with Gasteiger partial charge in [0, 0.05) is 0 Å². The largest absolute Gasteiger partial charge is 0.493 e. The first-order chi connectivity index (χ1) is 9.69. The monoisotopic (exact) mass is 279 g/mol. The fourth-order valence-electron chi connectivity index (χ4n) is 2.76. The van der Waals surface area contributed by atoms with Crippen molar-refractivity contribution >= 4 is 0 Å². The lowest BCUT2D eigenvalue weighted by molar-refractivity contribution is 0.0809. The third-order valence-corrected chi connectivity index (χ3v) is 3.92. The van der Waals surface area contributed by atoms with Crippen molar-refractivity contribution in [2.75, 3.05) is 13.2 Å². The van der Waals surface area contributed by atoms with E-state index in [1.54, 1.807) is 0 Å². The van der Waals surface area contributed by atoms with Crippen LogP contribution in [-0.2, 0) is 0 Å². The summed E-state index contributed by atoms with van der Waals surface area (Å²) >= 11 is 0. The van der Waals surface area contributed by atoms with Gasteiger partial charge in [-0.25, -0.2) is 0 Å². The Kier molecular flexibility index (Phi) is 5.83. The smallest absolute Gasteiger partial charge is 0.119 e. The molecule has 0 unspecified atom stereocenters. The Morgan fingerprint density at radius 3 is 2.95 bits per heavy atom. The lowest BCUT2D eigenvalue weighted by Gasteiger charge is -2.25. The van der Waals surface area contributed by atoms with Gasteiger partial charge in [0.2, 0.25) is 0 Å². The van der Waals surface area contributed by atoms with Crippen LogP contribution >= 0.6 is 0 Å². The fraction of sp³-hybridized carbons (Fsp3) is 0.625. The Labute approximate surface area is 120 Å². The predicted molar refractivity (Wildman–Crippen MR) is 78.5 cm³/mol. The van der Waals surface area contributed by atoms with Crippen molar-refractivity contribution in [2.45, 2.75) is 44.3 Å². The molecular weight excluding hydrogens is 254 g/mol. The maximum Gasteiger partial charge on any atom is 0.119 e. The zero-order valence-electron chi connectivity index (χ0n) is 11.9. The number of hydrogen-bond donors (Lipinski definition) is 3. The van der Waals surface area contributed by atoms with Crippen LogP contribution in [-0.4, -0.2) is 29.5 Å². The highest BCUT2D eigenvalue weighted by Crippen LogP contribution is 2.26. The Morgan fingerprint density at radius 2 is 2.20 bits per heavy atom. The van der Waals surface area contributed by atoms with Crippen LogP contribution in [0.5, 0.6) is 5.75 Å². The van der Waals surface area contributed by atoms with Crippen LogP contribution in [0.25, 0.3) is 0 Å². The van der Waals surface area contributed by atoms with Gasteiger partial charge in [-0.05, 0) is 55.8 Å². The molecule has 1 aliphatic carbocycles. The molecule has 0 heterocycles. The van der Waals surface area contributed by atoms with Crippen LogP contribution < -0.4 is 10.5 Å². The van der Waals surface area contributed by atoms with Gasteiger partial charge in [0.05, 0.1) is 18.8 Å². The highest BCUT2D eigenvalue weighted by Gasteiger charge is 2.20. The van der Waals surface area contributed by atoms with Gasteiger partial charge < -0.3 is 20.7 Å². The first kappa shape index (κ1) is 15.3. The Morgan fingerprint density at radius 1 is 1.35 bits per heavy atom. The zero-order valence-corrected chi connectivity index (χ0v) is 11.9. The van der Waals surface area contributed by atoms with Crippen molar-refractivity contribution in [3.8, 4) is 5.75 Å². The first-order valence-electron chi connectivity index (χ1n) is 7.48. The minimum Gasteiger partial charge on any atom is -0.493 e. The van der Waals surface area contributed by atoms with E-state index in [1.165, 1.54) is 0 Å². The second-order valence-corrected chi connectivity index (χ2v) is 5.66. The van der Waals surface area contributed by atoms with Crippen molar-refractivity contribution in [1.29, 1.82) is 0 Å². The molecule has 1 fully saturated rings. The van der Waals surface area contributed by atoms with E-state index in [4.69, 9.17) is 10.5 Å². The van der Waals surface area contributed by atoms with Crippen LogP contribution in [0.1, 0.15) is 43.8 Å². The summed E-state index contributed by atoms with van der Waals surface area (Å²) < 4.78 is 5.81. The van der Waals surface area contributed by atoms with E-state index in [0.29, 0.717) is 25.5 Å². The molecule has 2 rings (SSSR count). The van der Waals surface area contributed by atoms with Gasteiger partial charge in [-0.1, -0.05) is 18.6 Å². The predicted octanol–water partition coefficient (Wildman–Crippen LogP) is 2.00. The van der Waals surface area contributed by atoms with E-state index in [-0.39, 0.29) is 6.10 Å². The summed E-state index contributed by atoms with van der Waals surface area (Å²) in [7, 11) is 0.